The van der Waals surface area contributed by atoms with Crippen LogP contribution in [0.5, 0.6) is 0 Å². The summed E-state index contributed by atoms with van der Waals surface area (Å²) in [6.07, 6.45) is 3.18. The molecule has 0 aliphatic carbocycles. The highest BCUT2D eigenvalue weighted by molar-refractivity contribution is 5.59. The normalized spacial score (nSPS) is 14.7. The summed E-state index contributed by atoms with van der Waals surface area (Å²) < 4.78 is 13.9. The second kappa shape index (κ2) is 17.2. The van der Waals surface area contributed by atoms with E-state index in [1.807, 2.05) is 6.92 Å². The zero-order valence-electron chi connectivity index (χ0n) is 17.4. The van der Waals surface area contributed by atoms with Crippen LogP contribution >= 0.6 is 0 Å². The summed E-state index contributed by atoms with van der Waals surface area (Å²) >= 11 is 0. The minimum atomic E-state index is -0.658. The summed E-state index contributed by atoms with van der Waals surface area (Å²) in [7, 11) is 0. The molecular formula is C19H40O8. The van der Waals surface area contributed by atoms with E-state index in [1.54, 1.807) is 13.8 Å². The molecule has 0 unspecified atom stereocenters. The maximum absolute atomic E-state index is 10.2. The van der Waals surface area contributed by atoms with Gasteiger partial charge in [-0.3, -0.25) is 0 Å². The molecule has 0 atom stereocenters. The summed E-state index contributed by atoms with van der Waals surface area (Å²) in [6, 6.07) is 0. The fourth-order valence-corrected chi connectivity index (χ4v) is 2.43. The molecule has 0 saturated carbocycles. The van der Waals surface area contributed by atoms with Gasteiger partial charge in [0.25, 0.3) is 0 Å². The first kappa shape index (κ1) is 28.3. The van der Waals surface area contributed by atoms with Crippen molar-refractivity contribution in [2.75, 3.05) is 52.9 Å². The molecule has 0 spiro atoms. The van der Waals surface area contributed by atoms with Gasteiger partial charge in [0, 0.05) is 10.8 Å². The number of aliphatic hydroxyl groups excluding tert-OH is 4. The molecule has 8 heteroatoms. The van der Waals surface area contributed by atoms with Crippen LogP contribution in [0.4, 0.5) is 4.79 Å². The van der Waals surface area contributed by atoms with Crippen molar-refractivity contribution >= 4 is 6.16 Å². The molecule has 1 saturated heterocycles. The second-order valence-corrected chi connectivity index (χ2v) is 6.74. The Morgan fingerprint density at radius 1 is 0.926 bits per heavy atom. The minimum absolute atomic E-state index is 0.145. The quantitative estimate of drug-likeness (QED) is 0.411. The van der Waals surface area contributed by atoms with Gasteiger partial charge in [0.05, 0.1) is 52.9 Å². The molecule has 0 bridgehead atoms. The number of hydrogen-bond acceptors (Lipinski definition) is 8. The van der Waals surface area contributed by atoms with Crippen molar-refractivity contribution in [1.82, 2.24) is 0 Å². The van der Waals surface area contributed by atoms with Gasteiger partial charge in [-0.05, 0) is 26.7 Å². The minimum Gasteiger partial charge on any atom is -0.435 e. The summed E-state index contributed by atoms with van der Waals surface area (Å²) in [6.45, 7) is 9.68. The molecule has 0 aromatic carbocycles. The maximum atomic E-state index is 10.2. The van der Waals surface area contributed by atoms with Crippen LogP contribution < -0.4 is 0 Å². The third kappa shape index (κ3) is 12.2. The van der Waals surface area contributed by atoms with Gasteiger partial charge in [0.15, 0.2) is 0 Å². The van der Waals surface area contributed by atoms with Gasteiger partial charge in [-0.25, -0.2) is 4.79 Å². The van der Waals surface area contributed by atoms with Crippen LogP contribution in [0.25, 0.3) is 0 Å². The first-order valence-electron chi connectivity index (χ1n) is 9.69. The molecule has 164 valence electrons. The van der Waals surface area contributed by atoms with Crippen molar-refractivity contribution in [2.45, 2.75) is 53.4 Å². The number of carbonyl (C=O) groups excluding carboxylic acids is 1. The van der Waals surface area contributed by atoms with Crippen molar-refractivity contribution in [3.63, 3.8) is 0 Å². The van der Waals surface area contributed by atoms with Gasteiger partial charge < -0.3 is 34.6 Å². The number of aliphatic hydroxyl groups is 4. The Balaban J connectivity index is 0. The number of carbonyl (C=O) groups is 1. The van der Waals surface area contributed by atoms with E-state index in [0.717, 1.165) is 32.5 Å². The first-order chi connectivity index (χ1) is 12.9. The summed E-state index contributed by atoms with van der Waals surface area (Å²) in [4.78, 5) is 10.2. The lowest BCUT2D eigenvalue weighted by Crippen LogP contribution is -2.45. The molecule has 0 aromatic rings. The van der Waals surface area contributed by atoms with Gasteiger partial charge in [0.1, 0.15) is 0 Å². The first-order valence-corrected chi connectivity index (χ1v) is 9.69. The Hall–Kier alpha value is -0.930. The van der Waals surface area contributed by atoms with E-state index in [1.165, 1.54) is 0 Å². The monoisotopic (exact) mass is 396 g/mol. The molecule has 1 rings (SSSR count). The van der Waals surface area contributed by atoms with Gasteiger partial charge >= 0.3 is 6.16 Å². The van der Waals surface area contributed by atoms with E-state index >= 15 is 0 Å². The number of hydrogen-bond donors (Lipinski definition) is 4. The zero-order valence-corrected chi connectivity index (χ0v) is 17.4. The van der Waals surface area contributed by atoms with E-state index in [-0.39, 0.29) is 25.2 Å². The second-order valence-electron chi connectivity index (χ2n) is 6.74. The van der Waals surface area contributed by atoms with E-state index in [0.29, 0.717) is 26.2 Å². The third-order valence-corrected chi connectivity index (χ3v) is 4.24. The smallest absolute Gasteiger partial charge is 0.435 e. The lowest BCUT2D eigenvalue weighted by Gasteiger charge is -2.39. The van der Waals surface area contributed by atoms with Crippen LogP contribution in [0.15, 0.2) is 0 Å². The summed E-state index contributed by atoms with van der Waals surface area (Å²) in [5.74, 6) is 0. The molecule has 1 fully saturated rings. The predicted octanol–water partition coefficient (Wildman–Crippen LogP) is 1.72. The van der Waals surface area contributed by atoms with Crippen LogP contribution in [0.1, 0.15) is 53.4 Å². The highest BCUT2D eigenvalue weighted by Gasteiger charge is 2.36. The number of ether oxygens (including phenoxy) is 3. The Labute approximate surface area is 163 Å². The molecule has 1 heterocycles. The molecule has 1 aliphatic rings. The van der Waals surface area contributed by atoms with E-state index in [2.05, 4.69) is 16.4 Å². The van der Waals surface area contributed by atoms with Crippen molar-refractivity contribution in [3.8, 4) is 0 Å². The van der Waals surface area contributed by atoms with Crippen LogP contribution in [-0.4, -0.2) is 79.4 Å². The lowest BCUT2D eigenvalue weighted by atomic mass is 9.82. The van der Waals surface area contributed by atoms with E-state index in [9.17, 15) is 4.79 Å². The Bertz CT molecular complexity index is 319. The molecular weight excluding hydrogens is 356 g/mol. The molecule has 0 amide bonds. The fourth-order valence-electron chi connectivity index (χ4n) is 2.43. The fraction of sp³-hybridized carbons (Fsp3) is 0.947. The average Bonchev–Trinajstić information content (AvgIpc) is 2.64. The SMILES string of the molecule is CCCC(CO)(CO)CO.CCCC1(CO)COC1.CCOC(=O)OCC. The van der Waals surface area contributed by atoms with Crippen molar-refractivity contribution in [1.29, 1.82) is 0 Å². The summed E-state index contributed by atoms with van der Waals surface area (Å²) in [5, 5.41) is 35.3. The molecule has 0 radical (unpaired) electrons. The Morgan fingerprint density at radius 2 is 1.41 bits per heavy atom. The number of rotatable bonds is 10. The van der Waals surface area contributed by atoms with E-state index < -0.39 is 11.6 Å². The maximum Gasteiger partial charge on any atom is 0.508 e. The molecule has 0 aromatic heterocycles. The highest BCUT2D eigenvalue weighted by Crippen LogP contribution is 2.31. The Kier molecular flexibility index (Phi) is 18.0. The molecule has 4 N–H and O–H groups in total. The van der Waals surface area contributed by atoms with Crippen molar-refractivity contribution in [3.05, 3.63) is 0 Å². The van der Waals surface area contributed by atoms with Gasteiger partial charge in [-0.1, -0.05) is 26.7 Å². The van der Waals surface area contributed by atoms with Crippen molar-refractivity contribution in [2.24, 2.45) is 10.8 Å². The molecule has 27 heavy (non-hydrogen) atoms. The van der Waals surface area contributed by atoms with Crippen LogP contribution in [0, 0.1) is 10.8 Å². The topological polar surface area (TPSA) is 126 Å². The van der Waals surface area contributed by atoms with Gasteiger partial charge in [-0.15, -0.1) is 0 Å². The molecule has 1 aliphatic heterocycles. The summed E-state index contributed by atoms with van der Waals surface area (Å²) in [5.41, 5.74) is -0.510. The molecule has 8 nitrogen and oxygen atoms in total. The lowest BCUT2D eigenvalue weighted by molar-refractivity contribution is -0.140. The van der Waals surface area contributed by atoms with Crippen LogP contribution in [0.2, 0.25) is 0 Å². The van der Waals surface area contributed by atoms with Crippen LogP contribution in [-0.2, 0) is 14.2 Å². The van der Waals surface area contributed by atoms with Crippen LogP contribution in [0.3, 0.4) is 0 Å². The zero-order chi connectivity index (χ0) is 21.2. The average molecular weight is 397 g/mol. The largest absolute Gasteiger partial charge is 0.508 e. The van der Waals surface area contributed by atoms with E-state index in [4.69, 9.17) is 25.2 Å². The standard InChI is InChI=1S/C7H16O3.C7H14O2.C5H10O3/c1-2-3-7(4-8,5-9)6-10;1-2-3-7(4-8)5-9-6-7;1-3-7-5(6)8-4-2/h8-10H,2-6H2,1H3;8H,2-6H2,1H3;3-4H2,1-2H3. The Morgan fingerprint density at radius 3 is 1.56 bits per heavy atom. The third-order valence-electron chi connectivity index (χ3n) is 4.24. The van der Waals surface area contributed by atoms with Crippen molar-refractivity contribution < 1.29 is 39.4 Å². The van der Waals surface area contributed by atoms with Gasteiger partial charge in [-0.2, -0.15) is 0 Å². The predicted molar refractivity (Wildman–Crippen MR) is 102 cm³/mol. The highest BCUT2D eigenvalue weighted by atomic mass is 16.7. The van der Waals surface area contributed by atoms with Gasteiger partial charge in [0.2, 0.25) is 0 Å².